The number of halogens is 1. The maximum Gasteiger partial charge on any atom is 0.119 e. The molecule has 0 radical (unpaired) electrons. The zero-order valence-corrected chi connectivity index (χ0v) is 11.7. The van der Waals surface area contributed by atoms with E-state index in [9.17, 15) is 0 Å². The summed E-state index contributed by atoms with van der Waals surface area (Å²) < 4.78 is 6.99. The highest BCUT2D eigenvalue weighted by Crippen LogP contribution is 2.24. The van der Waals surface area contributed by atoms with Crippen LogP contribution < -0.4 is 10.1 Å². The van der Waals surface area contributed by atoms with E-state index in [1.54, 1.807) is 0 Å². The summed E-state index contributed by atoms with van der Waals surface area (Å²) in [4.78, 5) is 0. The van der Waals surface area contributed by atoms with Crippen molar-refractivity contribution in [3.05, 3.63) is 40.9 Å². The fourth-order valence-electron chi connectivity index (χ4n) is 2.36. The summed E-state index contributed by atoms with van der Waals surface area (Å²) in [7, 11) is 0. The van der Waals surface area contributed by atoms with Crippen molar-refractivity contribution in [3.8, 4) is 5.75 Å². The highest BCUT2D eigenvalue weighted by molar-refractivity contribution is 9.10. The minimum atomic E-state index is 0.658. The van der Waals surface area contributed by atoms with Gasteiger partial charge in [0.1, 0.15) is 5.75 Å². The third-order valence-corrected chi connectivity index (χ3v) is 3.92. The zero-order chi connectivity index (χ0) is 12.4. The summed E-state index contributed by atoms with van der Waals surface area (Å²) in [6, 6.07) is 12.6. The van der Waals surface area contributed by atoms with Crippen LogP contribution in [0.1, 0.15) is 6.42 Å². The molecule has 1 aliphatic heterocycles. The van der Waals surface area contributed by atoms with Crippen LogP contribution in [0.4, 0.5) is 0 Å². The molecule has 1 N–H and O–H groups in total. The van der Waals surface area contributed by atoms with Crippen LogP contribution in [0.25, 0.3) is 10.8 Å². The van der Waals surface area contributed by atoms with E-state index in [4.69, 9.17) is 4.74 Å². The topological polar surface area (TPSA) is 21.3 Å². The molecule has 0 amide bonds. The summed E-state index contributed by atoms with van der Waals surface area (Å²) in [6.45, 7) is 3.02. The van der Waals surface area contributed by atoms with Gasteiger partial charge in [-0.1, -0.05) is 28.1 Å². The van der Waals surface area contributed by atoms with E-state index in [0.717, 1.165) is 29.9 Å². The maximum absolute atomic E-state index is 5.88. The van der Waals surface area contributed by atoms with Gasteiger partial charge in [-0.05, 0) is 48.0 Å². The van der Waals surface area contributed by atoms with Crippen molar-refractivity contribution in [3.63, 3.8) is 0 Å². The Kier molecular flexibility index (Phi) is 3.52. The summed E-state index contributed by atoms with van der Waals surface area (Å²) in [5.74, 6) is 1.63. The lowest BCUT2D eigenvalue weighted by molar-refractivity contribution is 0.260. The van der Waals surface area contributed by atoms with Crippen LogP contribution in [0.5, 0.6) is 5.75 Å². The molecule has 1 aliphatic rings. The van der Waals surface area contributed by atoms with Gasteiger partial charge in [0.25, 0.3) is 0 Å². The molecule has 1 saturated heterocycles. The lowest BCUT2D eigenvalue weighted by Crippen LogP contribution is -2.15. The highest BCUT2D eigenvalue weighted by Gasteiger charge is 2.14. The number of hydrogen-bond acceptors (Lipinski definition) is 2. The average Bonchev–Trinajstić information content (AvgIpc) is 2.89. The predicted octanol–water partition coefficient (Wildman–Crippen LogP) is 3.59. The van der Waals surface area contributed by atoms with Gasteiger partial charge in [-0.2, -0.15) is 0 Å². The molecule has 2 nitrogen and oxygen atoms in total. The Labute approximate surface area is 115 Å². The Morgan fingerprint density at radius 3 is 2.83 bits per heavy atom. The molecule has 3 heteroatoms. The van der Waals surface area contributed by atoms with Crippen molar-refractivity contribution in [2.75, 3.05) is 19.7 Å². The van der Waals surface area contributed by atoms with E-state index in [1.165, 1.54) is 17.2 Å². The monoisotopic (exact) mass is 305 g/mol. The first-order chi connectivity index (χ1) is 8.81. The molecule has 1 heterocycles. The van der Waals surface area contributed by atoms with Gasteiger partial charge in [0, 0.05) is 16.9 Å². The second-order valence-electron chi connectivity index (χ2n) is 4.82. The molecule has 0 spiro atoms. The van der Waals surface area contributed by atoms with Crippen LogP contribution in [0.15, 0.2) is 40.9 Å². The first-order valence-electron chi connectivity index (χ1n) is 6.34. The van der Waals surface area contributed by atoms with E-state index in [2.05, 4.69) is 57.6 Å². The molecular formula is C15H16BrNO. The lowest BCUT2D eigenvalue weighted by atomic mass is 10.1. The van der Waals surface area contributed by atoms with Crippen LogP contribution in [0.2, 0.25) is 0 Å². The van der Waals surface area contributed by atoms with E-state index >= 15 is 0 Å². The molecule has 18 heavy (non-hydrogen) atoms. The van der Waals surface area contributed by atoms with Crippen molar-refractivity contribution in [1.29, 1.82) is 0 Å². The molecule has 3 rings (SSSR count). The summed E-state index contributed by atoms with van der Waals surface area (Å²) >= 11 is 3.49. The largest absolute Gasteiger partial charge is 0.493 e. The third kappa shape index (κ3) is 2.68. The van der Waals surface area contributed by atoms with Crippen LogP contribution >= 0.6 is 15.9 Å². The van der Waals surface area contributed by atoms with E-state index in [1.807, 2.05) is 0 Å². The number of benzene rings is 2. The maximum atomic E-state index is 5.88. The molecule has 0 saturated carbocycles. The van der Waals surface area contributed by atoms with E-state index < -0.39 is 0 Å². The molecule has 0 bridgehead atoms. The Morgan fingerprint density at radius 2 is 2.00 bits per heavy atom. The van der Waals surface area contributed by atoms with Crippen molar-refractivity contribution in [2.45, 2.75) is 6.42 Å². The van der Waals surface area contributed by atoms with Crippen LogP contribution in [-0.2, 0) is 0 Å². The SMILES string of the molecule is Brc1ccc2cc(OCC3CCNC3)ccc2c1. The molecule has 94 valence electrons. The summed E-state index contributed by atoms with van der Waals surface area (Å²) in [5.41, 5.74) is 0. The molecule has 2 aromatic carbocycles. The summed E-state index contributed by atoms with van der Waals surface area (Å²) in [5, 5.41) is 5.82. The highest BCUT2D eigenvalue weighted by atomic mass is 79.9. The zero-order valence-electron chi connectivity index (χ0n) is 10.2. The number of ether oxygens (including phenoxy) is 1. The third-order valence-electron chi connectivity index (χ3n) is 3.42. The van der Waals surface area contributed by atoms with Gasteiger partial charge in [0.15, 0.2) is 0 Å². The van der Waals surface area contributed by atoms with Gasteiger partial charge < -0.3 is 10.1 Å². The number of nitrogens with one attached hydrogen (secondary N) is 1. The minimum absolute atomic E-state index is 0.658. The van der Waals surface area contributed by atoms with Gasteiger partial charge in [0.2, 0.25) is 0 Å². The first-order valence-corrected chi connectivity index (χ1v) is 7.13. The smallest absolute Gasteiger partial charge is 0.119 e. The normalized spacial score (nSPS) is 19.3. The van der Waals surface area contributed by atoms with Crippen LogP contribution in [-0.4, -0.2) is 19.7 Å². The molecule has 2 aromatic rings. The van der Waals surface area contributed by atoms with Crippen molar-refractivity contribution >= 4 is 26.7 Å². The summed E-state index contributed by atoms with van der Waals surface area (Å²) in [6.07, 6.45) is 1.22. The van der Waals surface area contributed by atoms with Gasteiger partial charge in [-0.3, -0.25) is 0 Å². The fraction of sp³-hybridized carbons (Fsp3) is 0.333. The van der Waals surface area contributed by atoms with Crippen molar-refractivity contribution < 1.29 is 4.74 Å². The van der Waals surface area contributed by atoms with Gasteiger partial charge in [-0.25, -0.2) is 0 Å². The second kappa shape index (κ2) is 5.29. The van der Waals surface area contributed by atoms with Gasteiger partial charge >= 0.3 is 0 Å². The number of hydrogen-bond donors (Lipinski definition) is 1. The standard InChI is InChI=1S/C15H16BrNO/c16-14-3-1-13-8-15(4-2-12(13)7-14)18-10-11-5-6-17-9-11/h1-4,7-8,11,17H,5-6,9-10H2. The van der Waals surface area contributed by atoms with Crippen molar-refractivity contribution in [1.82, 2.24) is 5.32 Å². The van der Waals surface area contributed by atoms with Crippen LogP contribution in [0.3, 0.4) is 0 Å². The fourth-order valence-corrected chi connectivity index (χ4v) is 2.73. The Bertz CT molecular complexity index is 549. The number of rotatable bonds is 3. The van der Waals surface area contributed by atoms with Crippen molar-refractivity contribution in [2.24, 2.45) is 5.92 Å². The first kappa shape index (κ1) is 12.0. The Hall–Kier alpha value is -1.06. The number of fused-ring (bicyclic) bond motifs is 1. The minimum Gasteiger partial charge on any atom is -0.493 e. The lowest BCUT2D eigenvalue weighted by Gasteiger charge is -2.11. The average molecular weight is 306 g/mol. The quantitative estimate of drug-likeness (QED) is 0.935. The van der Waals surface area contributed by atoms with Gasteiger partial charge in [0.05, 0.1) is 6.61 Å². The molecule has 0 aliphatic carbocycles. The van der Waals surface area contributed by atoms with Gasteiger partial charge in [-0.15, -0.1) is 0 Å². The van der Waals surface area contributed by atoms with Crippen LogP contribution in [0, 0.1) is 5.92 Å². The molecular weight excluding hydrogens is 290 g/mol. The predicted molar refractivity (Wildman–Crippen MR) is 78.1 cm³/mol. The Balaban J connectivity index is 1.74. The second-order valence-corrected chi connectivity index (χ2v) is 5.74. The Morgan fingerprint density at radius 1 is 1.17 bits per heavy atom. The van der Waals surface area contributed by atoms with E-state index in [0.29, 0.717) is 5.92 Å². The van der Waals surface area contributed by atoms with E-state index in [-0.39, 0.29) is 0 Å². The molecule has 1 atom stereocenters. The molecule has 1 fully saturated rings. The molecule has 0 aromatic heterocycles. The molecule has 1 unspecified atom stereocenters.